The van der Waals surface area contributed by atoms with Crippen LogP contribution in [-0.2, 0) is 51.4 Å². The van der Waals surface area contributed by atoms with Gasteiger partial charge in [0.25, 0.3) is 17.7 Å². The minimum atomic E-state index is -1.21. The number of amides is 9. The molecule has 9 amide bonds. The molecule has 540 valence electrons. The fourth-order valence-electron chi connectivity index (χ4n) is 17.4. The zero-order valence-electron chi connectivity index (χ0n) is 58.2. The number of urea groups is 1. The number of fused-ring (bicyclic) bond motifs is 4. The lowest BCUT2D eigenvalue weighted by Gasteiger charge is -2.65. The highest BCUT2D eigenvalue weighted by atomic mass is 32.1. The second kappa shape index (κ2) is 29.5. The van der Waals surface area contributed by atoms with E-state index in [1.54, 1.807) is 86.9 Å². The van der Waals surface area contributed by atoms with E-state index in [4.69, 9.17) is 25.3 Å². The summed E-state index contributed by atoms with van der Waals surface area (Å²) in [4.78, 5) is 145. The van der Waals surface area contributed by atoms with Crippen LogP contribution in [0, 0.1) is 34.5 Å². The first kappa shape index (κ1) is 72.3. The molecule has 4 aromatic heterocycles. The van der Waals surface area contributed by atoms with Crippen molar-refractivity contribution in [3.05, 3.63) is 132 Å². The van der Waals surface area contributed by atoms with Crippen molar-refractivity contribution in [3.8, 4) is 22.4 Å². The molecule has 3 bridgehead atoms. The summed E-state index contributed by atoms with van der Waals surface area (Å²) in [6, 6.07) is 21.8. The second-order valence-corrected chi connectivity index (χ2v) is 30.2. The summed E-state index contributed by atoms with van der Waals surface area (Å²) in [6.07, 6.45) is 11.9. The molecule has 28 heteroatoms. The van der Waals surface area contributed by atoms with E-state index in [2.05, 4.69) is 50.4 Å². The fourth-order valence-corrected chi connectivity index (χ4v) is 18.2. The molecule has 4 aliphatic carbocycles. The molecule has 5 heterocycles. The number of aliphatic carboxylic acids is 1. The lowest BCUT2D eigenvalue weighted by molar-refractivity contribution is -0.178. The maximum absolute atomic E-state index is 13.9. The van der Waals surface area contributed by atoms with E-state index in [1.807, 2.05) is 35.9 Å². The largest absolute Gasteiger partial charge is 0.481 e. The summed E-state index contributed by atoms with van der Waals surface area (Å²) in [7, 11) is 0. The summed E-state index contributed by atoms with van der Waals surface area (Å²) in [6.45, 7) is 11.0. The van der Waals surface area contributed by atoms with Crippen LogP contribution in [0.5, 0.6) is 0 Å². The lowest BCUT2D eigenvalue weighted by atomic mass is 9.39. The van der Waals surface area contributed by atoms with Gasteiger partial charge in [-0.3, -0.25) is 53.4 Å². The molecule has 0 radical (unpaired) electrons. The monoisotopic (exact) mass is 1420 g/mol. The summed E-state index contributed by atoms with van der Waals surface area (Å²) >= 11 is 1.37. The van der Waals surface area contributed by atoms with Crippen LogP contribution in [0.15, 0.2) is 109 Å². The Labute approximate surface area is 598 Å². The number of imide groups is 1. The number of nitrogens with zero attached hydrogens (tertiary/aromatic N) is 7. The van der Waals surface area contributed by atoms with Crippen LogP contribution in [0.3, 0.4) is 0 Å². The SMILES string of the molecule is Cc1c(-c2ccc(-c3ccc4nccc(C(=O)Nc5nc6ccccc6s5)c4c3)nc2C(=O)O)cnn1CC12CC3(OCCN(CCC(=O)O)C(=O)OCc4ccc(NC(=O)[C@H](CCCNC(N)=O)NC(=O)[C@@H](NC(=O)CCCCCN5C(=O)C=CC5=O)C(C)C)cc4)CC4(C)CC(C)(C1)C2(C4)C3. The molecule has 4 fully saturated rings. The molecule has 0 saturated heterocycles. The van der Waals surface area contributed by atoms with Crippen molar-refractivity contribution in [2.24, 2.45) is 33.3 Å². The maximum atomic E-state index is 13.9. The number of anilines is 2. The van der Waals surface area contributed by atoms with Gasteiger partial charge in [-0.05, 0) is 159 Å². The number of rotatable bonds is 32. The molecule has 5 aliphatic rings. The molecule has 103 heavy (non-hydrogen) atoms. The minimum absolute atomic E-state index is 0.0164. The number of carbonyl (C=O) groups excluding carboxylic acids is 8. The number of unbranched alkanes of at least 4 members (excludes halogenated alkanes) is 2. The Hall–Kier alpha value is -10.5. The van der Waals surface area contributed by atoms with Crippen molar-refractivity contribution < 1.29 is 67.6 Å². The topological polar surface area (TPSA) is 379 Å². The Morgan fingerprint density at radius 1 is 0.777 bits per heavy atom. The van der Waals surface area contributed by atoms with Gasteiger partial charge in [-0.25, -0.2) is 24.4 Å². The first-order valence-electron chi connectivity index (χ1n) is 34.8. The minimum Gasteiger partial charge on any atom is -0.481 e. The van der Waals surface area contributed by atoms with Crippen molar-refractivity contribution in [2.75, 3.05) is 43.4 Å². The van der Waals surface area contributed by atoms with Gasteiger partial charge >= 0.3 is 24.1 Å². The smallest absolute Gasteiger partial charge is 0.410 e. The maximum Gasteiger partial charge on any atom is 0.410 e. The average Bonchev–Trinajstić information content (AvgIpc) is 1.46. The number of hydrogen-bond acceptors (Lipinski definition) is 17. The highest BCUT2D eigenvalue weighted by molar-refractivity contribution is 7.22. The van der Waals surface area contributed by atoms with Crippen LogP contribution >= 0.6 is 11.3 Å². The van der Waals surface area contributed by atoms with Crippen molar-refractivity contribution in [1.82, 2.24) is 50.5 Å². The highest BCUT2D eigenvalue weighted by Gasteiger charge is 2.85. The van der Waals surface area contributed by atoms with Gasteiger partial charge in [0.05, 0.1) is 51.8 Å². The molecular weight excluding hydrogens is 1340 g/mol. The van der Waals surface area contributed by atoms with Gasteiger partial charge < -0.3 is 51.6 Å². The second-order valence-electron chi connectivity index (χ2n) is 29.2. The van der Waals surface area contributed by atoms with Gasteiger partial charge in [0.1, 0.15) is 18.7 Å². The van der Waals surface area contributed by atoms with Crippen LogP contribution in [-0.4, -0.2) is 155 Å². The Balaban J connectivity index is 0.666. The van der Waals surface area contributed by atoms with Crippen LogP contribution < -0.4 is 32.3 Å². The normalized spacial score (nSPS) is 21.8. The van der Waals surface area contributed by atoms with Crippen molar-refractivity contribution >= 4 is 103 Å². The number of ether oxygens (including phenoxy) is 2. The van der Waals surface area contributed by atoms with Gasteiger partial charge in [-0.15, -0.1) is 0 Å². The van der Waals surface area contributed by atoms with E-state index in [0.717, 1.165) is 59.3 Å². The predicted molar refractivity (Wildman–Crippen MR) is 382 cm³/mol. The van der Waals surface area contributed by atoms with Crippen LogP contribution in [0.1, 0.15) is 143 Å². The number of nitrogens with two attached hydrogens (primary N) is 1. The first-order valence-corrected chi connectivity index (χ1v) is 35.7. The molecule has 1 spiro atoms. The van der Waals surface area contributed by atoms with Crippen molar-refractivity contribution in [1.29, 1.82) is 0 Å². The number of hydrogen-bond donors (Lipinski definition) is 8. The molecule has 3 aromatic carbocycles. The molecular formula is C75H85N13O14S. The summed E-state index contributed by atoms with van der Waals surface area (Å²) in [5.41, 5.74) is 9.73. The van der Waals surface area contributed by atoms with Crippen LogP contribution in [0.4, 0.5) is 20.4 Å². The number of benzene rings is 3. The molecule has 27 nitrogen and oxygen atoms in total. The third-order valence-electron chi connectivity index (χ3n) is 21.5. The Morgan fingerprint density at radius 2 is 1.55 bits per heavy atom. The van der Waals surface area contributed by atoms with Gasteiger partial charge in [0, 0.05) is 91.0 Å². The number of carbonyl (C=O) groups is 10. The van der Waals surface area contributed by atoms with E-state index >= 15 is 0 Å². The van der Waals surface area contributed by atoms with Crippen molar-refractivity contribution in [3.63, 3.8) is 0 Å². The Bertz CT molecular complexity index is 4510. The first-order chi connectivity index (χ1) is 49.2. The lowest BCUT2D eigenvalue weighted by Crippen LogP contribution is -2.60. The molecule has 7 atom stereocenters. The summed E-state index contributed by atoms with van der Waals surface area (Å²) in [5, 5.41) is 40.3. The number of nitrogens with one attached hydrogen (secondary N) is 5. The molecule has 1 aliphatic heterocycles. The Kier molecular flexibility index (Phi) is 20.7. The number of aromatic nitrogens is 5. The van der Waals surface area contributed by atoms with Gasteiger partial charge in [0.15, 0.2) is 10.8 Å². The van der Waals surface area contributed by atoms with E-state index in [9.17, 15) is 58.2 Å². The molecule has 5 unspecified atom stereocenters. The number of pyridine rings is 2. The third-order valence-corrected chi connectivity index (χ3v) is 22.4. The fraction of sp³-hybridized carbons (Fsp3) is 0.440. The van der Waals surface area contributed by atoms with E-state index < -0.39 is 53.6 Å². The van der Waals surface area contributed by atoms with Crippen molar-refractivity contribution in [2.45, 2.75) is 149 Å². The molecule has 9 N–H and O–H groups in total. The number of para-hydroxylation sites is 1. The van der Waals surface area contributed by atoms with E-state index in [1.165, 1.54) is 28.4 Å². The van der Waals surface area contributed by atoms with E-state index in [0.29, 0.717) is 81.0 Å². The van der Waals surface area contributed by atoms with Crippen LogP contribution in [0.25, 0.3) is 43.5 Å². The summed E-state index contributed by atoms with van der Waals surface area (Å²) < 4.78 is 15.8. The van der Waals surface area contributed by atoms with E-state index in [-0.39, 0.29) is 122 Å². The number of aromatic carboxylic acids is 1. The number of primary amides is 1. The van der Waals surface area contributed by atoms with Gasteiger partial charge in [-0.1, -0.05) is 75.8 Å². The summed E-state index contributed by atoms with van der Waals surface area (Å²) in [5.74, 6) is -5.35. The number of thiazole rings is 1. The molecule has 4 saturated carbocycles. The van der Waals surface area contributed by atoms with Crippen LogP contribution in [0.2, 0.25) is 0 Å². The zero-order chi connectivity index (χ0) is 73.2. The molecule has 12 rings (SSSR count). The van der Waals surface area contributed by atoms with Gasteiger partial charge in [0.2, 0.25) is 17.7 Å². The molecule has 7 aromatic rings. The highest BCUT2D eigenvalue weighted by Crippen LogP contribution is 2.90. The van der Waals surface area contributed by atoms with Gasteiger partial charge in [-0.2, -0.15) is 5.10 Å². The quantitative estimate of drug-likeness (QED) is 0.0144. The number of carboxylic acids is 2. The third kappa shape index (κ3) is 15.2. The predicted octanol–water partition coefficient (Wildman–Crippen LogP) is 9.78. The standard InChI is InChI=1S/C75H85N13O14S/c1-44(2)62(84-58(89)15-7-6-10-30-87-59(90)24-25-60(87)91)66(96)82-56(13-11-28-78-68(76)99)65(95)80-48-19-16-46(17-20-48)36-101-70(100)86(31-27-61(92)93)32-33-102-74-38-71(4)37-72(5)40-73(41-74,75(72,39-71)42-74)43-88-45(3)52(35-79-88)49-21-23-53(81-63(49)67(97)98)47-18-22-54-51(34-47)50(26-29-77-54)64(94)85-69-83-55-12-8-9-14-57(55)103-69/h8-9,12,14,16-26,29,34-35,44,56,62H,6-7,10-11,13,15,27-28,30-33,36-43H2,1-5H3,(H,80,95)(H,82,96)(H,84,89)(H,92,93)(H,97,98)(H3,76,78,99)(H,83,85,94)/t56-,62-,71?,72?,73?,74?,75?/m0/s1. The average molecular weight is 1420 g/mol. The zero-order valence-corrected chi connectivity index (χ0v) is 59.0. The number of carboxylic acid groups (broad SMARTS) is 2. The Morgan fingerprint density at radius 3 is 2.29 bits per heavy atom.